The summed E-state index contributed by atoms with van der Waals surface area (Å²) in [4.78, 5) is 23.0. The molecule has 0 aliphatic carbocycles. The Bertz CT molecular complexity index is 1430. The van der Waals surface area contributed by atoms with Crippen molar-refractivity contribution in [1.82, 2.24) is 15.6 Å². The standard InChI is InChI=1S/C27H24ClN5OS/c1-33-23-12-11-19(28)15-21(23)24(17-7-3-2-4-8-17)31-25(26(33)34)32-27(35)29-14-13-18-16-30-22-10-6-5-9-20(18)22/h2-12,15-16,25,30H,13-14H2,1H3,(H2,29,32,35). The average molecular weight is 502 g/mol. The van der Waals surface area contributed by atoms with Crippen molar-refractivity contribution in [2.45, 2.75) is 12.6 Å². The first kappa shape index (κ1) is 23.1. The zero-order chi connectivity index (χ0) is 24.4. The number of aromatic amines is 1. The van der Waals surface area contributed by atoms with Gasteiger partial charge in [-0.25, -0.2) is 4.99 Å². The number of hydrogen-bond donors (Lipinski definition) is 3. The summed E-state index contributed by atoms with van der Waals surface area (Å²) in [5.74, 6) is -0.208. The summed E-state index contributed by atoms with van der Waals surface area (Å²) in [7, 11) is 1.74. The van der Waals surface area contributed by atoms with Crippen molar-refractivity contribution in [3.05, 3.63) is 101 Å². The summed E-state index contributed by atoms with van der Waals surface area (Å²) in [6, 6.07) is 23.4. The molecule has 0 saturated carbocycles. The van der Waals surface area contributed by atoms with E-state index in [1.807, 2.05) is 60.8 Å². The number of aromatic nitrogens is 1. The zero-order valence-electron chi connectivity index (χ0n) is 19.1. The van der Waals surface area contributed by atoms with Gasteiger partial charge in [0.05, 0.1) is 11.4 Å². The Hall–Kier alpha value is -3.68. The molecule has 35 heavy (non-hydrogen) atoms. The molecule has 0 radical (unpaired) electrons. The first-order valence-electron chi connectivity index (χ1n) is 11.3. The Morgan fingerprint density at radius 3 is 2.71 bits per heavy atom. The lowest BCUT2D eigenvalue weighted by Gasteiger charge is -2.22. The lowest BCUT2D eigenvalue weighted by atomic mass is 10.0. The van der Waals surface area contributed by atoms with Gasteiger partial charge in [0.1, 0.15) is 0 Å². The van der Waals surface area contributed by atoms with Crippen molar-refractivity contribution in [1.29, 1.82) is 0 Å². The molecular formula is C27H24ClN5OS. The number of para-hydroxylation sites is 1. The summed E-state index contributed by atoms with van der Waals surface area (Å²) < 4.78 is 0. The molecule has 1 atom stereocenters. The molecule has 6 nitrogen and oxygen atoms in total. The zero-order valence-corrected chi connectivity index (χ0v) is 20.7. The van der Waals surface area contributed by atoms with Crippen LogP contribution in [0, 0.1) is 0 Å². The van der Waals surface area contributed by atoms with Crippen LogP contribution < -0.4 is 15.5 Å². The van der Waals surface area contributed by atoms with Gasteiger partial charge >= 0.3 is 0 Å². The van der Waals surface area contributed by atoms with Crippen LogP contribution in [0.25, 0.3) is 10.9 Å². The first-order valence-corrected chi connectivity index (χ1v) is 12.1. The van der Waals surface area contributed by atoms with E-state index in [1.165, 1.54) is 10.9 Å². The predicted molar refractivity (Wildman–Crippen MR) is 146 cm³/mol. The van der Waals surface area contributed by atoms with Crippen LogP contribution in [0.15, 0.2) is 84.0 Å². The molecule has 2 heterocycles. The summed E-state index contributed by atoms with van der Waals surface area (Å²) in [6.45, 7) is 0.621. The normalized spacial score (nSPS) is 15.4. The number of benzene rings is 3. The molecule has 0 saturated heterocycles. The number of aliphatic imine (C=N–C) groups is 1. The van der Waals surface area contributed by atoms with Gasteiger partial charge in [-0.1, -0.05) is 60.1 Å². The van der Waals surface area contributed by atoms with Gasteiger partial charge in [-0.05, 0) is 48.5 Å². The van der Waals surface area contributed by atoms with Crippen molar-refractivity contribution < 1.29 is 4.79 Å². The van der Waals surface area contributed by atoms with E-state index in [9.17, 15) is 4.79 Å². The Kier molecular flexibility index (Phi) is 6.53. The number of nitrogens with one attached hydrogen (secondary N) is 3. The number of hydrogen-bond acceptors (Lipinski definition) is 3. The summed E-state index contributed by atoms with van der Waals surface area (Å²) in [5.41, 5.74) is 5.42. The van der Waals surface area contributed by atoms with Gasteiger partial charge in [-0.15, -0.1) is 0 Å². The number of rotatable bonds is 5. The highest BCUT2D eigenvalue weighted by Crippen LogP contribution is 2.29. The fraction of sp³-hybridized carbons (Fsp3) is 0.148. The smallest absolute Gasteiger partial charge is 0.272 e. The predicted octanol–water partition coefficient (Wildman–Crippen LogP) is 4.67. The highest BCUT2D eigenvalue weighted by molar-refractivity contribution is 7.80. The number of halogens is 1. The highest BCUT2D eigenvalue weighted by atomic mass is 35.5. The Balaban J connectivity index is 1.36. The minimum absolute atomic E-state index is 0.208. The molecule has 1 aliphatic heterocycles. The maximum Gasteiger partial charge on any atom is 0.272 e. The number of benzodiazepines with no additional fused rings is 1. The number of likely N-dealkylation sites (N-methyl/N-ethyl adjacent to an activating group) is 1. The van der Waals surface area contributed by atoms with Crippen LogP contribution in [0.3, 0.4) is 0 Å². The molecule has 176 valence electrons. The highest BCUT2D eigenvalue weighted by Gasteiger charge is 2.30. The van der Waals surface area contributed by atoms with Crippen molar-refractivity contribution in [2.75, 3.05) is 18.5 Å². The van der Waals surface area contributed by atoms with Crippen LogP contribution >= 0.6 is 23.8 Å². The SMILES string of the molecule is CN1C(=O)C(NC(=S)NCCc2c[nH]c3ccccc23)N=C(c2ccccc2)c2cc(Cl)ccc21. The molecule has 1 amide bonds. The van der Waals surface area contributed by atoms with E-state index in [4.69, 9.17) is 28.8 Å². The monoisotopic (exact) mass is 501 g/mol. The van der Waals surface area contributed by atoms with Gasteiger partial charge in [0.15, 0.2) is 5.11 Å². The van der Waals surface area contributed by atoms with Crippen LogP contribution in [-0.2, 0) is 11.2 Å². The molecule has 3 N–H and O–H groups in total. The third kappa shape index (κ3) is 4.78. The Morgan fingerprint density at radius 2 is 1.89 bits per heavy atom. The second-order valence-corrected chi connectivity index (χ2v) is 9.16. The molecule has 0 spiro atoms. The molecule has 0 fully saturated rings. The first-order chi connectivity index (χ1) is 17.0. The fourth-order valence-corrected chi connectivity index (χ4v) is 4.68. The number of fused-ring (bicyclic) bond motifs is 2. The van der Waals surface area contributed by atoms with E-state index in [-0.39, 0.29) is 5.91 Å². The third-order valence-corrected chi connectivity index (χ3v) is 6.56. The molecule has 1 aliphatic rings. The lowest BCUT2D eigenvalue weighted by Crippen LogP contribution is -2.49. The van der Waals surface area contributed by atoms with Crippen LogP contribution in [0.5, 0.6) is 0 Å². The van der Waals surface area contributed by atoms with Gasteiger partial charge in [-0.2, -0.15) is 0 Å². The van der Waals surface area contributed by atoms with Crippen LogP contribution in [0.2, 0.25) is 5.02 Å². The number of amides is 1. The molecule has 3 aromatic carbocycles. The molecule has 4 aromatic rings. The van der Waals surface area contributed by atoms with E-state index in [1.54, 1.807) is 18.0 Å². The summed E-state index contributed by atoms with van der Waals surface area (Å²) >= 11 is 11.8. The summed E-state index contributed by atoms with van der Waals surface area (Å²) in [6.07, 6.45) is 1.92. The van der Waals surface area contributed by atoms with Crippen LogP contribution in [0.4, 0.5) is 5.69 Å². The van der Waals surface area contributed by atoms with E-state index < -0.39 is 6.17 Å². The minimum Gasteiger partial charge on any atom is -0.362 e. The van der Waals surface area contributed by atoms with E-state index in [2.05, 4.69) is 27.8 Å². The van der Waals surface area contributed by atoms with Gasteiger partial charge in [0.25, 0.3) is 5.91 Å². The second-order valence-electron chi connectivity index (χ2n) is 8.31. The van der Waals surface area contributed by atoms with Crippen molar-refractivity contribution in [3.8, 4) is 0 Å². The van der Waals surface area contributed by atoms with Crippen LogP contribution in [0.1, 0.15) is 16.7 Å². The fourth-order valence-electron chi connectivity index (χ4n) is 4.29. The van der Waals surface area contributed by atoms with Gasteiger partial charge in [0, 0.05) is 46.8 Å². The number of nitrogens with zero attached hydrogens (tertiary/aromatic N) is 2. The minimum atomic E-state index is -0.880. The Morgan fingerprint density at radius 1 is 1.11 bits per heavy atom. The topological polar surface area (TPSA) is 72.5 Å². The molecular weight excluding hydrogens is 478 g/mol. The van der Waals surface area contributed by atoms with Crippen molar-refractivity contribution >= 4 is 57.1 Å². The van der Waals surface area contributed by atoms with Gasteiger partial charge < -0.3 is 20.5 Å². The molecule has 1 unspecified atom stereocenters. The number of thiocarbonyl (C=S) groups is 1. The number of H-pyrrole nitrogens is 1. The number of anilines is 1. The lowest BCUT2D eigenvalue weighted by molar-refractivity contribution is -0.119. The van der Waals surface area contributed by atoms with Crippen molar-refractivity contribution in [3.63, 3.8) is 0 Å². The van der Waals surface area contributed by atoms with E-state index in [0.717, 1.165) is 28.8 Å². The van der Waals surface area contributed by atoms with Gasteiger partial charge in [0.2, 0.25) is 6.17 Å². The Labute approximate surface area is 214 Å². The number of carbonyl (C=O) groups is 1. The molecule has 0 bridgehead atoms. The quantitative estimate of drug-likeness (QED) is 0.347. The largest absolute Gasteiger partial charge is 0.362 e. The maximum absolute atomic E-state index is 13.3. The van der Waals surface area contributed by atoms with Crippen LogP contribution in [-0.4, -0.2) is 41.5 Å². The second kappa shape index (κ2) is 9.90. The van der Waals surface area contributed by atoms with Gasteiger partial charge in [-0.3, -0.25) is 4.79 Å². The maximum atomic E-state index is 13.3. The van der Waals surface area contributed by atoms with Crippen molar-refractivity contribution in [2.24, 2.45) is 4.99 Å². The third-order valence-electron chi connectivity index (χ3n) is 6.07. The molecule has 8 heteroatoms. The summed E-state index contributed by atoms with van der Waals surface area (Å²) in [5, 5.41) is 8.47. The van der Waals surface area contributed by atoms with E-state index in [0.29, 0.717) is 22.4 Å². The molecule has 1 aromatic heterocycles. The number of carbonyl (C=O) groups excluding carboxylic acids is 1. The van der Waals surface area contributed by atoms with E-state index >= 15 is 0 Å². The average Bonchev–Trinajstić information content (AvgIpc) is 3.25. The molecule has 5 rings (SSSR count).